The first kappa shape index (κ1) is 27.6. The zero-order valence-corrected chi connectivity index (χ0v) is 24.4. The van der Waals surface area contributed by atoms with Gasteiger partial charge in [0.2, 0.25) is 0 Å². The van der Waals surface area contributed by atoms with E-state index < -0.39 is 4.92 Å². The minimum absolute atomic E-state index is 0.0626. The smallest absolute Gasteiger partial charge is 0.269 e. The number of hydrogen-bond acceptors (Lipinski definition) is 5. The molecule has 3 heterocycles. The summed E-state index contributed by atoms with van der Waals surface area (Å²) in [5.74, 6) is -0.287. The Balaban J connectivity index is 1.38. The van der Waals surface area contributed by atoms with Crippen LogP contribution in [0.2, 0.25) is 0 Å². The fourth-order valence-electron chi connectivity index (χ4n) is 5.49. The highest BCUT2D eigenvalue weighted by atomic mass is 32.2. The second-order valence-electron chi connectivity index (χ2n) is 9.96. The zero-order chi connectivity index (χ0) is 29.4. The molecule has 0 bridgehead atoms. The molecule has 6 rings (SSSR count). The van der Waals surface area contributed by atoms with Gasteiger partial charge in [0.15, 0.2) is 5.11 Å². The van der Waals surface area contributed by atoms with Crippen molar-refractivity contribution < 1.29 is 9.31 Å². The molecule has 42 heavy (non-hydrogen) atoms. The number of aryl methyl sites for hydroxylation is 1. The highest BCUT2D eigenvalue weighted by molar-refractivity contribution is 7.99. The number of nitro groups is 1. The molecular formula is C32H26FN5O2S2. The number of pyridine rings is 1. The molecule has 2 aromatic heterocycles. The van der Waals surface area contributed by atoms with Gasteiger partial charge in [0.05, 0.1) is 28.4 Å². The third kappa shape index (κ3) is 5.15. The molecule has 1 N–H and O–H groups in total. The van der Waals surface area contributed by atoms with Gasteiger partial charge in [0, 0.05) is 45.2 Å². The highest BCUT2D eigenvalue weighted by Crippen LogP contribution is 2.44. The van der Waals surface area contributed by atoms with Gasteiger partial charge in [-0.25, -0.2) is 4.39 Å². The number of nitrogens with one attached hydrogen (secondary N) is 1. The molecule has 210 valence electrons. The third-order valence-electron chi connectivity index (χ3n) is 7.38. The van der Waals surface area contributed by atoms with E-state index >= 15 is 0 Å². The summed E-state index contributed by atoms with van der Waals surface area (Å²) in [6.07, 6.45) is 1.77. The predicted molar refractivity (Wildman–Crippen MR) is 167 cm³/mol. The fraction of sp³-hybridized carbons (Fsp3) is 0.125. The predicted octanol–water partition coefficient (Wildman–Crippen LogP) is 7.86. The van der Waals surface area contributed by atoms with Crippen LogP contribution in [0.5, 0.6) is 0 Å². The Morgan fingerprint density at radius 2 is 1.62 bits per heavy atom. The van der Waals surface area contributed by atoms with Crippen molar-refractivity contribution in [3.05, 3.63) is 142 Å². The van der Waals surface area contributed by atoms with Crippen LogP contribution in [0.4, 0.5) is 15.8 Å². The molecule has 2 atom stereocenters. The average molecular weight is 596 g/mol. The lowest BCUT2D eigenvalue weighted by Crippen LogP contribution is -2.29. The van der Waals surface area contributed by atoms with Gasteiger partial charge in [-0.15, -0.1) is 0 Å². The van der Waals surface area contributed by atoms with E-state index in [0.717, 1.165) is 38.1 Å². The van der Waals surface area contributed by atoms with E-state index in [1.165, 1.54) is 30.0 Å². The molecule has 1 fully saturated rings. The van der Waals surface area contributed by atoms with Crippen molar-refractivity contribution in [3.8, 4) is 5.69 Å². The number of thiocarbonyl (C=S) groups is 1. The third-order valence-corrected chi connectivity index (χ3v) is 8.71. The van der Waals surface area contributed by atoms with Gasteiger partial charge >= 0.3 is 0 Å². The molecule has 10 heteroatoms. The number of hydrogen-bond donors (Lipinski definition) is 1. The van der Waals surface area contributed by atoms with Crippen LogP contribution in [0.1, 0.15) is 34.7 Å². The van der Waals surface area contributed by atoms with E-state index in [1.54, 1.807) is 30.5 Å². The first-order valence-electron chi connectivity index (χ1n) is 13.3. The van der Waals surface area contributed by atoms with E-state index in [2.05, 4.69) is 21.3 Å². The first-order chi connectivity index (χ1) is 20.3. The zero-order valence-electron chi connectivity index (χ0n) is 22.8. The summed E-state index contributed by atoms with van der Waals surface area (Å²) in [4.78, 5) is 19.2. The molecule has 0 spiro atoms. The van der Waals surface area contributed by atoms with Crippen LogP contribution >= 0.6 is 24.0 Å². The van der Waals surface area contributed by atoms with Gasteiger partial charge in [0.1, 0.15) is 5.82 Å². The summed E-state index contributed by atoms with van der Waals surface area (Å²) in [5, 5.41) is 15.1. The molecule has 0 radical (unpaired) electrons. The Morgan fingerprint density at radius 3 is 2.26 bits per heavy atom. The van der Waals surface area contributed by atoms with E-state index in [9.17, 15) is 14.5 Å². The van der Waals surface area contributed by atoms with Crippen LogP contribution < -0.4 is 10.2 Å². The molecule has 1 aliphatic heterocycles. The van der Waals surface area contributed by atoms with Crippen molar-refractivity contribution in [1.82, 2.24) is 14.9 Å². The molecule has 0 saturated carbocycles. The molecule has 1 aliphatic rings. The Morgan fingerprint density at radius 1 is 0.952 bits per heavy atom. The number of rotatable bonds is 7. The number of aromatic nitrogens is 2. The summed E-state index contributed by atoms with van der Waals surface area (Å²) in [6.45, 7) is 3.99. The molecule has 3 aromatic carbocycles. The van der Waals surface area contributed by atoms with Crippen LogP contribution in [0, 0.1) is 29.8 Å². The van der Waals surface area contributed by atoms with Crippen molar-refractivity contribution in [2.75, 3.05) is 4.90 Å². The number of para-hydroxylation sites is 1. The number of anilines is 1. The van der Waals surface area contributed by atoms with Crippen molar-refractivity contribution in [2.45, 2.75) is 35.7 Å². The second-order valence-corrected chi connectivity index (χ2v) is 11.5. The first-order valence-corrected chi connectivity index (χ1v) is 14.5. The number of nitro benzene ring substituents is 1. The molecule has 0 aliphatic carbocycles. The number of non-ortho nitro benzene ring substituents is 1. The molecule has 5 aromatic rings. The normalized spacial score (nSPS) is 16.5. The number of benzene rings is 3. The van der Waals surface area contributed by atoms with Crippen LogP contribution in [-0.4, -0.2) is 19.6 Å². The Hall–Kier alpha value is -4.54. The van der Waals surface area contributed by atoms with Crippen molar-refractivity contribution >= 4 is 40.5 Å². The summed E-state index contributed by atoms with van der Waals surface area (Å²) in [6, 6.07) is 28.8. The average Bonchev–Trinajstić information content (AvgIpc) is 3.49. The molecule has 0 amide bonds. The maximum Gasteiger partial charge on any atom is 0.269 e. The molecular weight excluding hydrogens is 570 g/mol. The standard InChI is InChI=1S/C32H26FN5O2S2/c1-20-19-26(21(2)36(20)29-9-4-3-7-27(29)33)31-30(28-8-5-6-18-34-28)35-32(41)37(31)22-10-14-24(15-11-22)42-25-16-12-23(13-17-25)38(39)40/h3-19,30-31H,1-2H3,(H,35,41)/t30-,31+/m0/s1. The van der Waals surface area contributed by atoms with E-state index in [1.807, 2.05) is 66.9 Å². The van der Waals surface area contributed by atoms with Gasteiger partial charge in [-0.05, 0) is 98.4 Å². The lowest BCUT2D eigenvalue weighted by atomic mass is 9.96. The summed E-state index contributed by atoms with van der Waals surface area (Å²) < 4.78 is 16.9. The maximum atomic E-state index is 14.9. The quantitative estimate of drug-likeness (QED) is 0.117. The van der Waals surface area contributed by atoms with Gasteiger partial charge in [-0.3, -0.25) is 15.1 Å². The monoisotopic (exact) mass is 595 g/mol. The molecule has 0 unspecified atom stereocenters. The number of nitrogens with zero attached hydrogens (tertiary/aromatic N) is 4. The molecule has 7 nitrogen and oxygen atoms in total. The van der Waals surface area contributed by atoms with Crippen LogP contribution in [0.3, 0.4) is 0 Å². The van der Waals surface area contributed by atoms with Gasteiger partial charge in [-0.2, -0.15) is 0 Å². The van der Waals surface area contributed by atoms with Crippen LogP contribution in [0.15, 0.2) is 113 Å². The Kier molecular flexibility index (Phi) is 7.49. The molecule has 1 saturated heterocycles. The van der Waals surface area contributed by atoms with Crippen molar-refractivity contribution in [1.29, 1.82) is 0 Å². The van der Waals surface area contributed by atoms with Gasteiger partial charge in [0.25, 0.3) is 5.69 Å². The lowest BCUT2D eigenvalue weighted by Gasteiger charge is -2.28. The summed E-state index contributed by atoms with van der Waals surface area (Å²) in [7, 11) is 0. The minimum Gasteiger partial charge on any atom is -0.351 e. The Bertz CT molecular complexity index is 1780. The summed E-state index contributed by atoms with van der Waals surface area (Å²) in [5.41, 5.74) is 5.18. The van der Waals surface area contributed by atoms with Gasteiger partial charge < -0.3 is 14.8 Å². The van der Waals surface area contributed by atoms with Crippen LogP contribution in [-0.2, 0) is 0 Å². The Labute approximate surface area is 252 Å². The minimum atomic E-state index is -0.404. The van der Waals surface area contributed by atoms with Crippen LogP contribution in [0.25, 0.3) is 5.69 Å². The van der Waals surface area contributed by atoms with Crippen molar-refractivity contribution in [2.24, 2.45) is 0 Å². The van der Waals surface area contributed by atoms with E-state index in [4.69, 9.17) is 12.2 Å². The highest BCUT2D eigenvalue weighted by Gasteiger charge is 2.42. The lowest BCUT2D eigenvalue weighted by molar-refractivity contribution is -0.384. The second kappa shape index (κ2) is 11.4. The largest absolute Gasteiger partial charge is 0.351 e. The fourth-order valence-corrected chi connectivity index (χ4v) is 6.65. The topological polar surface area (TPSA) is 76.2 Å². The maximum absolute atomic E-state index is 14.9. The number of halogens is 1. The summed E-state index contributed by atoms with van der Waals surface area (Å²) >= 11 is 7.43. The van der Waals surface area contributed by atoms with E-state index in [0.29, 0.717) is 10.8 Å². The van der Waals surface area contributed by atoms with Crippen molar-refractivity contribution in [3.63, 3.8) is 0 Å². The van der Waals surface area contributed by atoms with Gasteiger partial charge in [-0.1, -0.05) is 30.0 Å². The SMILES string of the molecule is Cc1cc([C@@H]2[C@H](c3ccccn3)NC(=S)N2c2ccc(Sc3ccc([N+](=O)[O-])cc3)cc2)c(C)n1-c1ccccc1F. The van der Waals surface area contributed by atoms with E-state index in [-0.39, 0.29) is 23.6 Å².